The third-order valence-corrected chi connectivity index (χ3v) is 7.37. The normalized spacial score (nSPS) is 15.8. The fraction of sp³-hybridized carbons (Fsp3) is 0.375. The summed E-state index contributed by atoms with van der Waals surface area (Å²) in [5, 5.41) is 12.0. The lowest BCUT2D eigenvalue weighted by atomic mass is 9.90. The van der Waals surface area contributed by atoms with Crippen molar-refractivity contribution >= 4 is 30.6 Å². The first-order valence-electron chi connectivity index (χ1n) is 10.7. The van der Waals surface area contributed by atoms with E-state index in [1.165, 1.54) is 19.1 Å². The van der Waals surface area contributed by atoms with Crippen molar-refractivity contribution < 1.29 is 28.9 Å². The fourth-order valence-corrected chi connectivity index (χ4v) is 5.25. The van der Waals surface area contributed by atoms with Gasteiger partial charge in [-0.15, -0.1) is 0 Å². The van der Waals surface area contributed by atoms with Crippen molar-refractivity contribution in [1.82, 2.24) is 0 Å². The summed E-state index contributed by atoms with van der Waals surface area (Å²) >= 11 is 0. The van der Waals surface area contributed by atoms with Crippen molar-refractivity contribution in [2.45, 2.75) is 39.0 Å². The van der Waals surface area contributed by atoms with Crippen LogP contribution in [-0.4, -0.2) is 45.5 Å². The fourth-order valence-electron chi connectivity index (χ4n) is 3.56. The summed E-state index contributed by atoms with van der Waals surface area (Å²) in [7, 11) is -4.26. The molecule has 0 heterocycles. The Hall–Kier alpha value is -2.80. The smallest absolute Gasteiger partial charge is 0.325 e. The molecule has 33 heavy (non-hydrogen) atoms. The second-order valence-corrected chi connectivity index (χ2v) is 11.0. The molecule has 0 aliphatic heterocycles. The predicted molar refractivity (Wildman–Crippen MR) is 128 cm³/mol. The first-order valence-corrected chi connectivity index (χ1v) is 12.6. The Kier molecular flexibility index (Phi) is 9.11. The lowest BCUT2D eigenvalue weighted by molar-refractivity contribution is -0.137. The first kappa shape index (κ1) is 26.5. The van der Waals surface area contributed by atoms with Crippen molar-refractivity contribution in [2.75, 3.05) is 11.5 Å². The minimum atomic E-state index is -4.26. The van der Waals surface area contributed by atoms with E-state index in [0.29, 0.717) is 12.1 Å². The van der Waals surface area contributed by atoms with Gasteiger partial charge in [0.2, 0.25) is 7.37 Å². The number of hydrogen-bond acceptors (Lipinski definition) is 6. The van der Waals surface area contributed by atoms with Gasteiger partial charge >= 0.3 is 5.97 Å². The third kappa shape index (κ3) is 7.09. The zero-order valence-electron chi connectivity index (χ0n) is 19.0. The number of aliphatic carboxylic acids is 1. The Morgan fingerprint density at radius 2 is 1.55 bits per heavy atom. The molecule has 0 spiro atoms. The molecule has 0 radical (unpaired) electrons. The second-order valence-electron chi connectivity index (χ2n) is 8.55. The summed E-state index contributed by atoms with van der Waals surface area (Å²) in [6.07, 6.45) is -0.148. The average molecular weight is 474 g/mol. The monoisotopic (exact) mass is 474 g/mol. The Morgan fingerprint density at radius 3 is 2.12 bits per heavy atom. The topological polar surface area (TPSA) is 147 Å². The molecule has 0 fully saturated rings. The number of carbonyl (C=O) groups is 3. The van der Waals surface area contributed by atoms with Gasteiger partial charge in [0, 0.05) is 28.9 Å². The van der Waals surface area contributed by atoms with Gasteiger partial charge in [0.1, 0.15) is 11.8 Å². The van der Waals surface area contributed by atoms with Crippen LogP contribution >= 0.6 is 7.37 Å². The molecule has 0 saturated heterocycles. The largest absolute Gasteiger partial charge is 0.480 e. The second kappa shape index (κ2) is 11.4. The molecule has 8 nitrogen and oxygen atoms in total. The highest BCUT2D eigenvalue weighted by atomic mass is 31.2. The van der Waals surface area contributed by atoms with E-state index in [0.717, 1.165) is 0 Å². The number of anilines is 1. The van der Waals surface area contributed by atoms with Gasteiger partial charge in [0.05, 0.1) is 0 Å². The Labute approximate surface area is 193 Å². The van der Waals surface area contributed by atoms with Gasteiger partial charge in [-0.3, -0.25) is 18.9 Å². The molecule has 0 aliphatic rings. The minimum absolute atomic E-state index is 0.0260. The molecule has 4 atom stereocenters. The molecule has 2 aromatic carbocycles. The van der Waals surface area contributed by atoms with Crippen LogP contribution in [0.1, 0.15) is 47.9 Å². The van der Waals surface area contributed by atoms with Crippen LogP contribution in [0.2, 0.25) is 0 Å². The van der Waals surface area contributed by atoms with Crippen LogP contribution in [0, 0.1) is 11.8 Å². The van der Waals surface area contributed by atoms with E-state index in [1.54, 1.807) is 42.5 Å². The zero-order chi connectivity index (χ0) is 24.8. The van der Waals surface area contributed by atoms with Crippen molar-refractivity contribution in [3.05, 3.63) is 65.7 Å². The van der Waals surface area contributed by atoms with Crippen molar-refractivity contribution in [3.63, 3.8) is 0 Å². The van der Waals surface area contributed by atoms with Gasteiger partial charge in [-0.05, 0) is 31.4 Å². The van der Waals surface area contributed by atoms with Gasteiger partial charge < -0.3 is 21.1 Å². The lowest BCUT2D eigenvalue weighted by Crippen LogP contribution is -2.34. The Balaban J connectivity index is 2.33. The molecule has 5 N–H and O–H groups in total. The number of carboxylic acids is 1. The van der Waals surface area contributed by atoms with E-state index in [1.807, 2.05) is 13.8 Å². The summed E-state index contributed by atoms with van der Waals surface area (Å²) in [5.41, 5.74) is 6.69. The van der Waals surface area contributed by atoms with Crippen LogP contribution in [0.25, 0.3) is 0 Å². The number of carbonyl (C=O) groups excluding carboxylic acids is 2. The van der Waals surface area contributed by atoms with E-state index >= 15 is 0 Å². The predicted octanol–water partition coefficient (Wildman–Crippen LogP) is 3.85. The van der Waals surface area contributed by atoms with Gasteiger partial charge in [0.15, 0.2) is 11.6 Å². The standard InChI is InChI=1S/C24H31N2O6P/c1-15(2)13-18(14-33(31,32)23(25)22(28)17-9-5-4-6-10-17)21(27)19-11-7-8-12-20(19)26-16(3)24(29)30/h4-12,15-16,18,23,26H,13-14,25H2,1-3H3,(H,29,30)(H,31,32). The van der Waals surface area contributed by atoms with Crippen LogP contribution in [0.4, 0.5) is 5.69 Å². The van der Waals surface area contributed by atoms with Gasteiger partial charge in [-0.2, -0.15) is 0 Å². The molecule has 0 bridgehead atoms. The molecule has 0 aliphatic carbocycles. The van der Waals surface area contributed by atoms with E-state index < -0.39 is 48.8 Å². The van der Waals surface area contributed by atoms with Crippen LogP contribution in [0.15, 0.2) is 54.6 Å². The summed E-state index contributed by atoms with van der Waals surface area (Å²) in [6.45, 7) is 5.22. The van der Waals surface area contributed by atoms with Gasteiger partial charge in [0.25, 0.3) is 0 Å². The van der Waals surface area contributed by atoms with Crippen molar-refractivity contribution in [1.29, 1.82) is 0 Å². The number of benzene rings is 2. The maximum Gasteiger partial charge on any atom is 0.325 e. The molecule has 0 saturated carbocycles. The van der Waals surface area contributed by atoms with Crippen LogP contribution in [0.3, 0.4) is 0 Å². The molecule has 2 aromatic rings. The summed E-state index contributed by atoms with van der Waals surface area (Å²) in [6, 6.07) is 13.5. The number of ketones is 2. The first-order chi connectivity index (χ1) is 15.4. The molecule has 0 aromatic heterocycles. The third-order valence-electron chi connectivity index (χ3n) is 5.31. The number of rotatable bonds is 12. The van der Waals surface area contributed by atoms with Crippen molar-refractivity contribution in [2.24, 2.45) is 17.6 Å². The van der Waals surface area contributed by atoms with Gasteiger partial charge in [-0.1, -0.05) is 56.3 Å². The number of nitrogens with one attached hydrogen (secondary N) is 1. The molecular formula is C24H31N2O6P. The quantitative estimate of drug-likeness (QED) is 0.268. The molecule has 4 unspecified atom stereocenters. The zero-order valence-corrected chi connectivity index (χ0v) is 19.9. The highest BCUT2D eigenvalue weighted by Crippen LogP contribution is 2.48. The maximum atomic E-state index is 13.4. The molecule has 178 valence electrons. The average Bonchev–Trinajstić information content (AvgIpc) is 2.77. The van der Waals surface area contributed by atoms with Crippen LogP contribution in [0.5, 0.6) is 0 Å². The summed E-state index contributed by atoms with van der Waals surface area (Å²) < 4.78 is 13.2. The van der Waals surface area contributed by atoms with Crippen molar-refractivity contribution in [3.8, 4) is 0 Å². The highest BCUT2D eigenvalue weighted by Gasteiger charge is 2.39. The molecule has 0 amide bonds. The van der Waals surface area contributed by atoms with Gasteiger partial charge in [-0.25, -0.2) is 0 Å². The minimum Gasteiger partial charge on any atom is -0.480 e. The molecule has 2 rings (SSSR count). The molecular weight excluding hydrogens is 443 g/mol. The number of Topliss-reactive ketones (excluding diaryl/α,β-unsaturated/α-hetero) is 2. The molecule has 9 heteroatoms. The Morgan fingerprint density at radius 1 is 0.970 bits per heavy atom. The van der Waals surface area contributed by atoms with E-state index in [-0.39, 0.29) is 17.0 Å². The van der Waals surface area contributed by atoms with Crippen LogP contribution < -0.4 is 11.1 Å². The highest BCUT2D eigenvalue weighted by molar-refractivity contribution is 7.59. The maximum absolute atomic E-state index is 13.4. The number of para-hydroxylation sites is 1. The van der Waals surface area contributed by atoms with Crippen LogP contribution in [-0.2, 0) is 9.36 Å². The number of carboxylic acid groups (broad SMARTS) is 1. The van der Waals surface area contributed by atoms with E-state index in [4.69, 9.17) is 5.73 Å². The number of nitrogens with two attached hydrogens (primary N) is 1. The summed E-state index contributed by atoms with van der Waals surface area (Å²) in [4.78, 5) is 48.1. The van der Waals surface area contributed by atoms with E-state index in [9.17, 15) is 28.9 Å². The summed E-state index contributed by atoms with van der Waals surface area (Å²) in [5.74, 6) is -4.65. The lowest BCUT2D eigenvalue weighted by Gasteiger charge is -2.25. The number of hydrogen-bond donors (Lipinski definition) is 4. The van der Waals surface area contributed by atoms with E-state index in [2.05, 4.69) is 5.32 Å². The Bertz CT molecular complexity index is 1040. The SMILES string of the molecule is CC(C)CC(CP(=O)(O)C(N)C(=O)c1ccccc1)C(=O)c1ccccc1NC(C)C(=O)O.